The third-order valence-corrected chi connectivity index (χ3v) is 4.37. The first kappa shape index (κ1) is 26.8. The minimum atomic E-state index is -6.50. The maximum Gasteiger partial charge on any atom is 0.429 e. The Labute approximate surface area is 159 Å². The van der Waals surface area contributed by atoms with Gasteiger partial charge in [0.1, 0.15) is 5.60 Å². The van der Waals surface area contributed by atoms with Gasteiger partial charge in [-0.1, -0.05) is 0 Å². The summed E-state index contributed by atoms with van der Waals surface area (Å²) >= 11 is 8.30. The highest BCUT2D eigenvalue weighted by atomic mass is 35.5. The summed E-state index contributed by atoms with van der Waals surface area (Å²) in [5.41, 5.74) is -3.19. The van der Waals surface area contributed by atoms with Crippen molar-refractivity contribution in [3.63, 3.8) is 0 Å². The van der Waals surface area contributed by atoms with Crippen LogP contribution in [-0.4, -0.2) is 66.9 Å². The predicted octanol–water partition coefficient (Wildman–Crippen LogP) is 5.31. The third-order valence-electron chi connectivity index (χ3n) is 3.72. The summed E-state index contributed by atoms with van der Waals surface area (Å²) in [4.78, 5) is 1.50. The molecule has 164 valence electrons. The Morgan fingerprint density at radius 2 is 1.30 bits per heavy atom. The molecule has 0 amide bonds. The second-order valence-electron chi connectivity index (χ2n) is 6.12. The van der Waals surface area contributed by atoms with E-state index in [4.69, 9.17) is 0 Å². The molecule has 27 heavy (non-hydrogen) atoms. The Bertz CT molecular complexity index is 501. The van der Waals surface area contributed by atoms with Gasteiger partial charge < -0.3 is 9.64 Å². The van der Waals surface area contributed by atoms with Gasteiger partial charge in [-0.2, -0.15) is 39.5 Å². The number of rotatable bonds is 11. The summed E-state index contributed by atoms with van der Waals surface area (Å²) < 4.78 is 129. The smallest absolute Gasteiger partial charge is 0.372 e. The molecule has 0 N–H and O–H groups in total. The van der Waals surface area contributed by atoms with E-state index < -0.39 is 40.7 Å². The maximum absolute atomic E-state index is 14.3. The highest BCUT2D eigenvalue weighted by Gasteiger charge is 2.80. The molecular formula is C13H18Cl2F9NO2. The zero-order valence-electron chi connectivity index (χ0n) is 14.5. The lowest BCUT2D eigenvalue weighted by atomic mass is 9.87. The fourth-order valence-corrected chi connectivity index (χ4v) is 2.05. The molecule has 0 saturated heterocycles. The van der Waals surface area contributed by atoms with Crippen LogP contribution in [0.1, 0.15) is 19.8 Å². The molecule has 0 aromatic carbocycles. The molecular weight excluding hydrogens is 444 g/mol. The Morgan fingerprint density at radius 3 is 1.63 bits per heavy atom. The fourth-order valence-electron chi connectivity index (χ4n) is 1.92. The van der Waals surface area contributed by atoms with Crippen LogP contribution < -0.4 is 0 Å². The van der Waals surface area contributed by atoms with Gasteiger partial charge in [0.15, 0.2) is 0 Å². The van der Waals surface area contributed by atoms with Crippen LogP contribution in [0.2, 0.25) is 0 Å². The molecule has 0 aliphatic heterocycles. The van der Waals surface area contributed by atoms with E-state index in [2.05, 4.69) is 32.7 Å². The molecule has 0 aromatic rings. The van der Waals surface area contributed by atoms with Gasteiger partial charge in [0.25, 0.3) is 0 Å². The molecule has 2 unspecified atom stereocenters. The second kappa shape index (κ2) is 8.29. The highest BCUT2D eigenvalue weighted by Crippen LogP contribution is 2.56. The first-order valence-electron chi connectivity index (χ1n) is 7.16. The first-order chi connectivity index (χ1) is 11.7. The van der Waals surface area contributed by atoms with Crippen molar-refractivity contribution in [3.8, 4) is 0 Å². The van der Waals surface area contributed by atoms with Gasteiger partial charge in [-0.15, -0.1) is 0 Å². The lowest BCUT2D eigenvalue weighted by molar-refractivity contribution is -0.451. The van der Waals surface area contributed by atoms with E-state index in [1.165, 1.54) is 19.0 Å². The number of alkyl halides is 11. The second-order valence-corrected chi connectivity index (χ2v) is 7.08. The van der Waals surface area contributed by atoms with E-state index in [1.807, 2.05) is 0 Å². The van der Waals surface area contributed by atoms with Crippen LogP contribution in [-0.2, 0) is 9.47 Å². The molecule has 14 heteroatoms. The molecule has 3 nitrogen and oxygen atoms in total. The van der Waals surface area contributed by atoms with Crippen molar-refractivity contribution in [2.75, 3.05) is 27.7 Å². The third kappa shape index (κ3) is 5.46. The topological polar surface area (TPSA) is 21.7 Å². The zero-order valence-corrected chi connectivity index (χ0v) is 16.1. The van der Waals surface area contributed by atoms with E-state index in [1.54, 1.807) is 0 Å². The molecule has 2 atom stereocenters. The minimum Gasteiger partial charge on any atom is -0.372 e. The van der Waals surface area contributed by atoms with E-state index >= 15 is 0 Å². The minimum absolute atomic E-state index is 0.112. The number of ether oxygens (including phenoxy) is 2. The predicted molar refractivity (Wildman–Crippen MR) is 79.6 cm³/mol. The molecule has 0 bridgehead atoms. The van der Waals surface area contributed by atoms with Crippen molar-refractivity contribution in [2.45, 2.75) is 54.0 Å². The number of halogens is 11. The average Bonchev–Trinajstić information content (AvgIpc) is 2.43. The van der Waals surface area contributed by atoms with Crippen molar-refractivity contribution in [1.29, 1.82) is 0 Å². The molecule has 0 rings (SSSR count). The van der Waals surface area contributed by atoms with Gasteiger partial charge in [0, 0.05) is 7.11 Å². The SMILES string of the molecule is COC(C)(CCCN(C)C)C(F)(F)C(F)(F)C(F)(F)OC(F)(Cl)C(F)(F)Cl. The van der Waals surface area contributed by atoms with E-state index in [-0.39, 0.29) is 13.0 Å². The molecule has 0 fully saturated rings. The van der Waals surface area contributed by atoms with Crippen LogP contribution in [0.4, 0.5) is 39.5 Å². The number of nitrogens with zero attached hydrogens (tertiary/aromatic N) is 1. The zero-order chi connectivity index (χ0) is 22.1. The van der Waals surface area contributed by atoms with E-state index in [0.717, 1.165) is 0 Å². The van der Waals surface area contributed by atoms with Gasteiger partial charge in [-0.3, -0.25) is 4.74 Å². The quantitative estimate of drug-likeness (QED) is 0.307. The molecule has 0 saturated carbocycles. The molecule has 0 radical (unpaired) electrons. The molecule has 0 aliphatic carbocycles. The Hall–Kier alpha value is -0.170. The van der Waals surface area contributed by atoms with Gasteiger partial charge in [0.2, 0.25) is 0 Å². The summed E-state index contributed by atoms with van der Waals surface area (Å²) in [5.74, 6) is -12.2. The van der Waals surface area contributed by atoms with Crippen LogP contribution in [0.5, 0.6) is 0 Å². The summed E-state index contributed by atoms with van der Waals surface area (Å²) in [7, 11) is 3.63. The highest BCUT2D eigenvalue weighted by molar-refractivity contribution is 6.31. The van der Waals surface area contributed by atoms with Crippen molar-refractivity contribution in [2.24, 2.45) is 0 Å². The van der Waals surface area contributed by atoms with Gasteiger partial charge in [0.05, 0.1) is 0 Å². The number of hydrogen-bond acceptors (Lipinski definition) is 3. The molecule has 0 spiro atoms. The summed E-state index contributed by atoms with van der Waals surface area (Å²) in [6, 6.07) is 0. The molecule has 0 aliphatic rings. The summed E-state index contributed by atoms with van der Waals surface area (Å²) in [6.45, 7) is 0.521. The number of methoxy groups -OCH3 is 1. The van der Waals surface area contributed by atoms with Gasteiger partial charge >= 0.3 is 28.6 Å². The van der Waals surface area contributed by atoms with Gasteiger partial charge in [-0.05, 0) is 63.6 Å². The Kier molecular flexibility index (Phi) is 8.24. The van der Waals surface area contributed by atoms with E-state index in [9.17, 15) is 39.5 Å². The van der Waals surface area contributed by atoms with Crippen LogP contribution in [0, 0.1) is 0 Å². The monoisotopic (exact) mass is 461 g/mol. The van der Waals surface area contributed by atoms with Crippen molar-refractivity contribution < 1.29 is 49.0 Å². The van der Waals surface area contributed by atoms with Crippen LogP contribution >= 0.6 is 23.2 Å². The Morgan fingerprint density at radius 1 is 0.852 bits per heavy atom. The summed E-state index contributed by atoms with van der Waals surface area (Å²) in [6.07, 6.45) is -7.50. The van der Waals surface area contributed by atoms with Gasteiger partial charge in [-0.25, -0.2) is 0 Å². The Balaban J connectivity index is 5.83. The summed E-state index contributed by atoms with van der Waals surface area (Å²) in [5, 5.41) is -10.8. The van der Waals surface area contributed by atoms with Crippen LogP contribution in [0.15, 0.2) is 0 Å². The molecule has 0 aromatic heterocycles. The average molecular weight is 462 g/mol. The van der Waals surface area contributed by atoms with Crippen molar-refractivity contribution >= 4 is 23.2 Å². The van der Waals surface area contributed by atoms with Crippen LogP contribution in [0.3, 0.4) is 0 Å². The van der Waals surface area contributed by atoms with E-state index in [0.29, 0.717) is 14.0 Å². The normalized spacial score (nSPS) is 19.1. The lowest BCUT2D eigenvalue weighted by Gasteiger charge is -2.43. The molecule has 0 heterocycles. The largest absolute Gasteiger partial charge is 0.429 e. The lowest BCUT2D eigenvalue weighted by Crippen LogP contribution is -2.66. The van der Waals surface area contributed by atoms with Crippen LogP contribution in [0.25, 0.3) is 0 Å². The van der Waals surface area contributed by atoms with Crippen molar-refractivity contribution in [1.82, 2.24) is 4.90 Å². The standard InChI is InChI=1S/C13H18Cl2F9NO2/c1-8(26-4,6-5-7-25(2)3)9(16,17)10(18,19)13(23,24)27-12(15,22)11(14,20)21/h5-7H2,1-4H3. The number of hydrogen-bond donors (Lipinski definition) is 0. The van der Waals surface area contributed by atoms with Crippen molar-refractivity contribution in [3.05, 3.63) is 0 Å². The first-order valence-corrected chi connectivity index (χ1v) is 7.92. The maximum atomic E-state index is 14.3. The fraction of sp³-hybridized carbons (Fsp3) is 1.00.